The van der Waals surface area contributed by atoms with Gasteiger partial charge in [-0.25, -0.2) is 0 Å². The molecule has 3 rings (SSSR count). The Bertz CT molecular complexity index is 943. The topological polar surface area (TPSA) is 60.9 Å². The lowest BCUT2D eigenvalue weighted by Crippen LogP contribution is -2.31. The lowest BCUT2D eigenvalue weighted by atomic mass is 9.90. The molecule has 1 amide bonds. The molecule has 5 heteroatoms. The number of anilines is 2. The Kier molecular flexibility index (Phi) is 5.27. The quantitative estimate of drug-likeness (QED) is 0.848. The average molecular weight is 378 g/mol. The van der Waals surface area contributed by atoms with E-state index in [1.165, 1.54) is 4.90 Å². The number of carbonyl (C=O) groups is 2. The zero-order valence-electron chi connectivity index (χ0n) is 16.9. The monoisotopic (exact) mass is 378 g/mol. The zero-order chi connectivity index (χ0) is 20.6. The molecule has 2 aromatic rings. The minimum atomic E-state index is -0.646. The molecule has 1 N–H and O–H groups in total. The van der Waals surface area contributed by atoms with E-state index in [4.69, 9.17) is 0 Å². The fraction of sp³-hybridized carbons (Fsp3) is 0.304. The summed E-state index contributed by atoms with van der Waals surface area (Å²) in [7, 11) is 3.89. The molecule has 0 saturated carbocycles. The first-order valence-electron chi connectivity index (χ1n) is 9.37. The van der Waals surface area contributed by atoms with E-state index in [0.29, 0.717) is 5.69 Å². The Balaban J connectivity index is 2.15. The Hall–Kier alpha value is -3.08. The molecule has 1 aliphatic heterocycles. The number of rotatable bonds is 5. The summed E-state index contributed by atoms with van der Waals surface area (Å²) in [6.45, 7) is 5.51. The van der Waals surface area contributed by atoms with Crippen LogP contribution < -0.4 is 9.80 Å². The van der Waals surface area contributed by atoms with Gasteiger partial charge in [-0.05, 0) is 36.8 Å². The summed E-state index contributed by atoms with van der Waals surface area (Å²) >= 11 is 0. The van der Waals surface area contributed by atoms with E-state index in [0.717, 1.165) is 16.8 Å². The average Bonchev–Trinajstić information content (AvgIpc) is 2.92. The van der Waals surface area contributed by atoms with Crippen LogP contribution in [0.2, 0.25) is 0 Å². The van der Waals surface area contributed by atoms with Gasteiger partial charge in [0, 0.05) is 31.4 Å². The summed E-state index contributed by atoms with van der Waals surface area (Å²) in [5.74, 6) is -1.55. The van der Waals surface area contributed by atoms with Crippen LogP contribution in [0.15, 0.2) is 59.9 Å². The van der Waals surface area contributed by atoms with Crippen molar-refractivity contribution in [2.45, 2.75) is 26.8 Å². The van der Waals surface area contributed by atoms with Gasteiger partial charge in [-0.1, -0.05) is 43.7 Å². The molecule has 1 aliphatic rings. The third kappa shape index (κ3) is 3.40. The van der Waals surface area contributed by atoms with Crippen molar-refractivity contribution >= 4 is 23.1 Å². The van der Waals surface area contributed by atoms with Gasteiger partial charge in [-0.15, -0.1) is 0 Å². The highest BCUT2D eigenvalue weighted by Gasteiger charge is 2.44. The molecule has 0 saturated heterocycles. The van der Waals surface area contributed by atoms with Gasteiger partial charge >= 0.3 is 0 Å². The number of aliphatic hydroxyl groups excluding tert-OH is 1. The minimum absolute atomic E-state index is 0.169. The molecule has 28 heavy (non-hydrogen) atoms. The van der Waals surface area contributed by atoms with Crippen molar-refractivity contribution < 1.29 is 14.7 Å². The Morgan fingerprint density at radius 3 is 2.29 bits per heavy atom. The summed E-state index contributed by atoms with van der Waals surface area (Å²) in [6.07, 6.45) is 0. The van der Waals surface area contributed by atoms with Crippen LogP contribution >= 0.6 is 0 Å². The summed E-state index contributed by atoms with van der Waals surface area (Å²) < 4.78 is 0. The highest BCUT2D eigenvalue weighted by molar-refractivity contribution is 6.16. The van der Waals surface area contributed by atoms with Gasteiger partial charge < -0.3 is 10.0 Å². The molecule has 146 valence electrons. The van der Waals surface area contributed by atoms with Crippen LogP contribution in [0.3, 0.4) is 0 Å². The number of nitrogens with zero attached hydrogens (tertiary/aromatic N) is 2. The number of benzene rings is 2. The number of hydrogen-bond acceptors (Lipinski definition) is 4. The maximum absolute atomic E-state index is 13.0. The summed E-state index contributed by atoms with van der Waals surface area (Å²) in [6, 6.07) is 14.6. The lowest BCUT2D eigenvalue weighted by Gasteiger charge is -2.28. The van der Waals surface area contributed by atoms with Crippen LogP contribution in [0.4, 0.5) is 11.4 Å². The third-order valence-electron chi connectivity index (χ3n) is 5.00. The fourth-order valence-corrected chi connectivity index (χ4v) is 3.50. The predicted molar refractivity (Wildman–Crippen MR) is 112 cm³/mol. The second kappa shape index (κ2) is 7.50. The molecule has 2 aromatic carbocycles. The number of carbonyl (C=O) groups excluding carboxylic acids is 2. The molecule has 0 aliphatic carbocycles. The van der Waals surface area contributed by atoms with Crippen LogP contribution in [0.25, 0.3) is 0 Å². The first-order chi connectivity index (χ1) is 13.2. The van der Waals surface area contributed by atoms with Gasteiger partial charge in [0.1, 0.15) is 0 Å². The van der Waals surface area contributed by atoms with Crippen LogP contribution in [0.5, 0.6) is 0 Å². The molecule has 0 fully saturated rings. The van der Waals surface area contributed by atoms with Gasteiger partial charge in [-0.3, -0.25) is 14.5 Å². The summed E-state index contributed by atoms with van der Waals surface area (Å²) in [4.78, 5) is 29.4. The first-order valence-corrected chi connectivity index (χ1v) is 9.37. The van der Waals surface area contributed by atoms with Crippen molar-refractivity contribution in [3.8, 4) is 0 Å². The minimum Gasteiger partial charge on any atom is -0.503 e. The van der Waals surface area contributed by atoms with E-state index in [2.05, 4.69) is 0 Å². The predicted octanol–water partition coefficient (Wildman–Crippen LogP) is 4.19. The highest BCUT2D eigenvalue weighted by Crippen LogP contribution is 2.42. The molecule has 0 bridgehead atoms. The van der Waals surface area contributed by atoms with Gasteiger partial charge in [0.05, 0.1) is 11.6 Å². The largest absolute Gasteiger partial charge is 0.503 e. The van der Waals surface area contributed by atoms with Crippen molar-refractivity contribution in [1.82, 2.24) is 0 Å². The SMILES string of the molecule is Cc1cccc(C2C(C(=O)C(C)C)=C(O)C(=O)N2c2ccc(N(C)C)cc2)c1. The molecular formula is C23H26N2O3. The van der Waals surface area contributed by atoms with Crippen molar-refractivity contribution in [3.63, 3.8) is 0 Å². The number of aliphatic hydroxyl groups is 1. The normalized spacial score (nSPS) is 16.9. The van der Waals surface area contributed by atoms with Crippen molar-refractivity contribution in [2.75, 3.05) is 23.9 Å². The number of hydrogen-bond donors (Lipinski definition) is 1. The van der Waals surface area contributed by atoms with E-state index in [-0.39, 0.29) is 17.3 Å². The second-order valence-corrected chi connectivity index (χ2v) is 7.68. The van der Waals surface area contributed by atoms with E-state index >= 15 is 0 Å². The molecule has 5 nitrogen and oxygen atoms in total. The number of amides is 1. The molecule has 0 radical (unpaired) electrons. The first kappa shape index (κ1) is 19.7. The van der Waals surface area contributed by atoms with Crippen LogP contribution in [-0.2, 0) is 9.59 Å². The Morgan fingerprint density at radius 2 is 1.75 bits per heavy atom. The maximum atomic E-state index is 13.0. The number of aryl methyl sites for hydroxylation is 1. The summed E-state index contributed by atoms with van der Waals surface area (Å²) in [5, 5.41) is 10.6. The van der Waals surface area contributed by atoms with Crippen LogP contribution in [-0.4, -0.2) is 30.9 Å². The van der Waals surface area contributed by atoms with E-state index < -0.39 is 17.7 Å². The van der Waals surface area contributed by atoms with Gasteiger partial charge in [0.15, 0.2) is 11.5 Å². The molecule has 0 spiro atoms. The van der Waals surface area contributed by atoms with Gasteiger partial charge in [0.2, 0.25) is 0 Å². The Morgan fingerprint density at radius 1 is 1.11 bits per heavy atom. The van der Waals surface area contributed by atoms with Crippen LogP contribution in [0, 0.1) is 12.8 Å². The summed E-state index contributed by atoms with van der Waals surface area (Å²) in [5.41, 5.74) is 3.63. The van der Waals surface area contributed by atoms with Gasteiger partial charge in [-0.2, -0.15) is 0 Å². The smallest absolute Gasteiger partial charge is 0.294 e. The fourth-order valence-electron chi connectivity index (χ4n) is 3.50. The third-order valence-corrected chi connectivity index (χ3v) is 5.00. The van der Waals surface area contributed by atoms with Crippen molar-refractivity contribution in [1.29, 1.82) is 0 Å². The zero-order valence-corrected chi connectivity index (χ0v) is 16.9. The van der Waals surface area contributed by atoms with Crippen molar-refractivity contribution in [2.24, 2.45) is 5.92 Å². The number of ketones is 1. The lowest BCUT2D eigenvalue weighted by molar-refractivity contribution is -0.119. The standard InChI is InChI=1S/C23H26N2O3/c1-14(2)21(26)19-20(16-8-6-7-15(3)13-16)25(23(28)22(19)27)18-11-9-17(10-12-18)24(4)5/h6-14,20,27H,1-5H3. The molecule has 1 atom stereocenters. The van der Waals surface area contributed by atoms with Crippen molar-refractivity contribution in [3.05, 3.63) is 71.0 Å². The van der Waals surface area contributed by atoms with Crippen LogP contribution in [0.1, 0.15) is 31.0 Å². The molecular weight excluding hydrogens is 352 g/mol. The Labute approximate surface area is 165 Å². The van der Waals surface area contributed by atoms with E-state index in [9.17, 15) is 14.7 Å². The second-order valence-electron chi connectivity index (χ2n) is 7.68. The molecule has 1 heterocycles. The molecule has 0 aromatic heterocycles. The highest BCUT2D eigenvalue weighted by atomic mass is 16.3. The number of Topliss-reactive ketones (excluding diaryl/α,β-unsaturated/α-hetero) is 1. The molecule has 1 unspecified atom stereocenters. The van der Waals surface area contributed by atoms with E-state index in [1.807, 2.05) is 74.4 Å². The van der Waals surface area contributed by atoms with E-state index in [1.54, 1.807) is 13.8 Å². The maximum Gasteiger partial charge on any atom is 0.294 e. The van der Waals surface area contributed by atoms with Gasteiger partial charge in [0.25, 0.3) is 5.91 Å².